The number of nitrogens with zero attached hydrogens (tertiary/aromatic N) is 1. The van der Waals surface area contributed by atoms with Crippen LogP contribution in [0.3, 0.4) is 0 Å². The molecule has 2 aromatic rings. The number of fused-ring (bicyclic) bond motifs is 1. The van der Waals surface area contributed by atoms with Gasteiger partial charge >= 0.3 is 12.3 Å². The second-order valence-corrected chi connectivity index (χ2v) is 5.99. The third-order valence-corrected chi connectivity index (χ3v) is 4.20. The van der Waals surface area contributed by atoms with Crippen LogP contribution in [-0.2, 0) is 19.1 Å². The number of anilines is 2. The number of rotatable bonds is 3. The number of aryl methyl sites for hydroxylation is 1. The average molecular weight is 350 g/mol. The Bertz CT molecular complexity index is 773. The van der Waals surface area contributed by atoms with Gasteiger partial charge in [-0.3, -0.25) is 5.32 Å². The van der Waals surface area contributed by atoms with E-state index in [2.05, 4.69) is 10.2 Å². The fraction of sp³-hybridized carbons (Fsp3) is 0.278. The van der Waals surface area contributed by atoms with E-state index in [9.17, 15) is 18.0 Å². The van der Waals surface area contributed by atoms with Crippen LogP contribution in [0.4, 0.5) is 29.3 Å². The molecular formula is C18H17F3N2O2. The van der Waals surface area contributed by atoms with Crippen molar-refractivity contribution in [2.24, 2.45) is 0 Å². The minimum absolute atomic E-state index is 0.511. The van der Waals surface area contributed by atoms with Crippen LogP contribution in [-0.4, -0.2) is 17.7 Å². The number of nitrogens with one attached hydrogen (secondary N) is 1. The summed E-state index contributed by atoms with van der Waals surface area (Å²) in [6, 6.07) is 10.5. The molecule has 1 heterocycles. The van der Waals surface area contributed by atoms with Gasteiger partial charge in [-0.15, -0.1) is 0 Å². The lowest BCUT2D eigenvalue weighted by atomic mass is 10.00. The van der Waals surface area contributed by atoms with Crippen molar-refractivity contribution in [2.45, 2.75) is 25.6 Å². The zero-order valence-electron chi connectivity index (χ0n) is 13.3. The smallest absolute Gasteiger partial charge is 0.416 e. The third kappa shape index (κ3) is 4.04. The molecular weight excluding hydrogens is 333 g/mol. The van der Waals surface area contributed by atoms with Crippen LogP contribution in [0.1, 0.15) is 23.1 Å². The Labute approximate surface area is 142 Å². The van der Waals surface area contributed by atoms with E-state index >= 15 is 0 Å². The second kappa shape index (κ2) is 6.66. The van der Waals surface area contributed by atoms with Crippen LogP contribution in [0.25, 0.3) is 0 Å². The van der Waals surface area contributed by atoms with Crippen molar-refractivity contribution >= 4 is 17.5 Å². The quantitative estimate of drug-likeness (QED) is 0.840. The first-order chi connectivity index (χ1) is 11.8. The van der Waals surface area contributed by atoms with E-state index in [1.165, 1.54) is 12.1 Å². The fourth-order valence-corrected chi connectivity index (χ4v) is 3.06. The molecule has 1 amide bonds. The summed E-state index contributed by atoms with van der Waals surface area (Å²) in [6.45, 7) is 1.32. The van der Waals surface area contributed by atoms with Gasteiger partial charge in [0.15, 0.2) is 0 Å². The first-order valence-electron chi connectivity index (χ1n) is 7.87. The predicted octanol–water partition coefficient (Wildman–Crippen LogP) is 4.75. The zero-order valence-corrected chi connectivity index (χ0v) is 13.3. The molecule has 0 radical (unpaired) electrons. The van der Waals surface area contributed by atoms with E-state index in [4.69, 9.17) is 5.11 Å². The summed E-state index contributed by atoms with van der Waals surface area (Å²) in [5, 5.41) is 11.1. The Balaban J connectivity index is 1.78. The molecule has 0 fully saturated rings. The number of hydrogen-bond donors (Lipinski definition) is 2. The molecule has 132 valence electrons. The van der Waals surface area contributed by atoms with Crippen LogP contribution in [0.15, 0.2) is 42.5 Å². The third-order valence-electron chi connectivity index (χ3n) is 4.20. The molecule has 1 aliphatic heterocycles. The number of alkyl halides is 3. The molecule has 1 aliphatic rings. The van der Waals surface area contributed by atoms with Crippen molar-refractivity contribution in [1.29, 1.82) is 0 Å². The van der Waals surface area contributed by atoms with Crippen molar-refractivity contribution in [1.82, 2.24) is 0 Å². The van der Waals surface area contributed by atoms with Crippen LogP contribution in [0.5, 0.6) is 0 Å². The Kier molecular flexibility index (Phi) is 4.57. The number of carboxylic acid groups (broad SMARTS) is 1. The lowest BCUT2D eigenvalue weighted by Crippen LogP contribution is -2.29. The summed E-state index contributed by atoms with van der Waals surface area (Å²) in [5.74, 6) is 0. The summed E-state index contributed by atoms with van der Waals surface area (Å²) in [5.41, 5.74) is 2.68. The van der Waals surface area contributed by atoms with Crippen molar-refractivity contribution in [3.8, 4) is 0 Å². The number of halogens is 3. The van der Waals surface area contributed by atoms with E-state index in [1.807, 2.05) is 12.1 Å². The highest BCUT2D eigenvalue weighted by molar-refractivity contribution is 5.83. The largest absolute Gasteiger partial charge is 0.465 e. The van der Waals surface area contributed by atoms with Crippen LogP contribution < -0.4 is 10.2 Å². The predicted molar refractivity (Wildman–Crippen MR) is 88.9 cm³/mol. The fourth-order valence-electron chi connectivity index (χ4n) is 3.06. The summed E-state index contributed by atoms with van der Waals surface area (Å²) < 4.78 is 37.9. The van der Waals surface area contributed by atoms with Gasteiger partial charge in [-0.1, -0.05) is 12.1 Å². The van der Waals surface area contributed by atoms with E-state index in [0.29, 0.717) is 12.2 Å². The molecule has 0 unspecified atom stereocenters. The molecule has 25 heavy (non-hydrogen) atoms. The molecule has 0 aromatic heterocycles. The van der Waals surface area contributed by atoms with Gasteiger partial charge in [0.25, 0.3) is 0 Å². The van der Waals surface area contributed by atoms with Crippen molar-refractivity contribution in [3.63, 3.8) is 0 Å². The Hall–Kier alpha value is -2.70. The maximum absolute atomic E-state index is 12.6. The second-order valence-electron chi connectivity index (χ2n) is 5.99. The lowest BCUT2D eigenvalue weighted by molar-refractivity contribution is -0.137. The number of benzene rings is 2. The SMILES string of the molecule is O=C(O)Nc1ccc2c(c1)CCCN2Cc1ccc(C(F)(F)F)cc1. The topological polar surface area (TPSA) is 52.6 Å². The van der Waals surface area contributed by atoms with Crippen molar-refractivity contribution in [3.05, 3.63) is 59.2 Å². The molecule has 0 aliphatic carbocycles. The van der Waals surface area contributed by atoms with E-state index in [-0.39, 0.29) is 0 Å². The van der Waals surface area contributed by atoms with Gasteiger partial charge in [-0.25, -0.2) is 4.79 Å². The summed E-state index contributed by atoms with van der Waals surface area (Å²) in [7, 11) is 0. The highest BCUT2D eigenvalue weighted by atomic mass is 19.4. The van der Waals surface area contributed by atoms with Gasteiger partial charge < -0.3 is 10.0 Å². The molecule has 0 saturated carbocycles. The molecule has 3 rings (SSSR count). The van der Waals surface area contributed by atoms with Crippen LogP contribution >= 0.6 is 0 Å². The van der Waals surface area contributed by atoms with Crippen LogP contribution in [0, 0.1) is 0 Å². The molecule has 4 nitrogen and oxygen atoms in total. The standard InChI is InChI=1S/C18H17F3N2O2/c19-18(20,21)14-5-3-12(4-6-14)11-23-9-1-2-13-10-15(22-17(24)25)7-8-16(13)23/h3-8,10,22H,1-2,9,11H2,(H,24,25). The first kappa shape index (κ1) is 17.1. The van der Waals surface area contributed by atoms with Crippen molar-refractivity contribution < 1.29 is 23.1 Å². The van der Waals surface area contributed by atoms with Crippen molar-refractivity contribution in [2.75, 3.05) is 16.8 Å². The zero-order chi connectivity index (χ0) is 18.0. The summed E-state index contributed by atoms with van der Waals surface area (Å²) >= 11 is 0. The monoisotopic (exact) mass is 350 g/mol. The van der Waals surface area contributed by atoms with E-state index < -0.39 is 17.8 Å². The van der Waals surface area contributed by atoms with Gasteiger partial charge in [0.2, 0.25) is 0 Å². The molecule has 0 atom stereocenters. The minimum atomic E-state index is -4.33. The van der Waals surface area contributed by atoms with Gasteiger partial charge in [-0.05, 0) is 54.3 Å². The maximum Gasteiger partial charge on any atom is 0.416 e. The Morgan fingerprint density at radius 3 is 2.52 bits per heavy atom. The Morgan fingerprint density at radius 2 is 1.88 bits per heavy atom. The van der Waals surface area contributed by atoms with E-state index in [0.717, 1.165) is 48.3 Å². The van der Waals surface area contributed by atoms with Gasteiger partial charge in [-0.2, -0.15) is 13.2 Å². The molecule has 0 bridgehead atoms. The Morgan fingerprint density at radius 1 is 1.16 bits per heavy atom. The van der Waals surface area contributed by atoms with Gasteiger partial charge in [0.05, 0.1) is 5.56 Å². The van der Waals surface area contributed by atoms with Gasteiger partial charge in [0.1, 0.15) is 0 Å². The maximum atomic E-state index is 12.6. The molecule has 2 aromatic carbocycles. The van der Waals surface area contributed by atoms with Gasteiger partial charge in [0, 0.05) is 24.5 Å². The lowest BCUT2D eigenvalue weighted by Gasteiger charge is -2.31. The summed E-state index contributed by atoms with van der Waals surface area (Å²) in [4.78, 5) is 12.8. The minimum Gasteiger partial charge on any atom is -0.465 e. The summed E-state index contributed by atoms with van der Waals surface area (Å²) in [6.07, 6.45) is -3.69. The molecule has 0 saturated heterocycles. The highest BCUT2D eigenvalue weighted by Gasteiger charge is 2.30. The van der Waals surface area contributed by atoms with E-state index in [1.54, 1.807) is 6.07 Å². The normalized spacial score (nSPS) is 14.1. The highest BCUT2D eigenvalue weighted by Crippen LogP contribution is 2.32. The van der Waals surface area contributed by atoms with Crippen LogP contribution in [0.2, 0.25) is 0 Å². The first-order valence-corrected chi connectivity index (χ1v) is 7.87. The molecule has 0 spiro atoms. The number of amides is 1. The number of carbonyl (C=O) groups is 1. The molecule has 7 heteroatoms. The average Bonchev–Trinajstić information content (AvgIpc) is 2.54. The molecule has 2 N–H and O–H groups in total. The number of hydrogen-bond acceptors (Lipinski definition) is 2.